The number of rotatable bonds is 7. The van der Waals surface area contributed by atoms with Gasteiger partial charge in [-0.25, -0.2) is 17.2 Å². The highest BCUT2D eigenvalue weighted by Crippen LogP contribution is 2.05. The van der Waals surface area contributed by atoms with Crippen molar-refractivity contribution in [3.8, 4) is 0 Å². The molecule has 2 N–H and O–H groups in total. The van der Waals surface area contributed by atoms with Gasteiger partial charge in [0.2, 0.25) is 10.0 Å². The summed E-state index contributed by atoms with van der Waals surface area (Å²) in [5.41, 5.74) is 0. The summed E-state index contributed by atoms with van der Waals surface area (Å²) in [5, 5.41) is 16.9. The molecule has 0 aliphatic heterocycles. The third-order valence-corrected chi connectivity index (χ3v) is 3.25. The fraction of sp³-hybridized carbons (Fsp3) is 1.00. The van der Waals surface area contributed by atoms with Gasteiger partial charge in [0.1, 0.15) is 0 Å². The van der Waals surface area contributed by atoms with Crippen LogP contribution in [0.3, 0.4) is 0 Å². The normalized spacial score (nSPS) is 12.7. The predicted molar refractivity (Wildman–Crippen MR) is 45.5 cm³/mol. The molecule has 0 aliphatic carbocycles. The van der Waals surface area contributed by atoms with E-state index in [9.17, 15) is 17.2 Å². The monoisotopic (exact) mass is 233 g/mol. The fourth-order valence-electron chi connectivity index (χ4n) is 0.854. The van der Waals surface area contributed by atoms with E-state index in [1.54, 1.807) is 0 Å². The van der Waals surface area contributed by atoms with Crippen LogP contribution in [0.2, 0.25) is 0 Å². The highest BCUT2D eigenvalue weighted by molar-refractivity contribution is 7.89. The summed E-state index contributed by atoms with van der Waals surface area (Å²) in [6, 6.07) is 0. The van der Waals surface area contributed by atoms with E-state index in [0.717, 1.165) is 0 Å². The molecule has 0 aromatic carbocycles. The van der Waals surface area contributed by atoms with Crippen LogP contribution in [0, 0.1) is 0 Å². The lowest BCUT2D eigenvalue weighted by molar-refractivity contribution is 0.112. The van der Waals surface area contributed by atoms with E-state index in [1.807, 2.05) is 0 Å². The molecule has 0 rings (SSSR count). The highest BCUT2D eigenvalue weighted by atomic mass is 32.2. The smallest absolute Gasteiger partial charge is 0.252 e. The molecule has 0 aromatic rings. The lowest BCUT2D eigenvalue weighted by Crippen LogP contribution is -2.39. The van der Waals surface area contributed by atoms with Crippen molar-refractivity contribution in [2.45, 2.75) is 6.43 Å². The number of halogens is 2. The van der Waals surface area contributed by atoms with Crippen LogP contribution in [0.15, 0.2) is 0 Å². The molecule has 0 unspecified atom stereocenters. The van der Waals surface area contributed by atoms with Crippen molar-refractivity contribution in [2.75, 3.05) is 32.1 Å². The zero-order valence-corrected chi connectivity index (χ0v) is 8.25. The first kappa shape index (κ1) is 13.7. The molecule has 5 nitrogen and oxygen atoms in total. The number of nitrogens with zero attached hydrogens (tertiary/aromatic N) is 1. The molecule has 0 amide bonds. The summed E-state index contributed by atoms with van der Waals surface area (Å²) >= 11 is 0. The standard InChI is InChI=1S/C6H13F2NO4S/c7-6(8)5-9(1-2-10)14(12,13)4-3-11/h6,10-11H,1-5H2. The molecule has 0 saturated heterocycles. The molecule has 0 fully saturated rings. The van der Waals surface area contributed by atoms with Gasteiger partial charge in [0.15, 0.2) is 0 Å². The van der Waals surface area contributed by atoms with Crippen LogP contribution >= 0.6 is 0 Å². The lowest BCUT2D eigenvalue weighted by atomic mass is 10.6. The van der Waals surface area contributed by atoms with Crippen LogP contribution in [0.4, 0.5) is 8.78 Å². The number of sulfonamides is 1. The van der Waals surface area contributed by atoms with Crippen LogP contribution < -0.4 is 0 Å². The van der Waals surface area contributed by atoms with Gasteiger partial charge in [-0.15, -0.1) is 0 Å². The van der Waals surface area contributed by atoms with Gasteiger partial charge >= 0.3 is 0 Å². The average Bonchev–Trinajstić information content (AvgIpc) is 2.02. The summed E-state index contributed by atoms with van der Waals surface area (Å²) in [6.45, 7) is -2.50. The molecule has 0 heterocycles. The summed E-state index contributed by atoms with van der Waals surface area (Å²) in [6.07, 6.45) is -2.80. The summed E-state index contributed by atoms with van der Waals surface area (Å²) in [5.74, 6) is -0.611. The van der Waals surface area contributed by atoms with E-state index < -0.39 is 42.0 Å². The van der Waals surface area contributed by atoms with Crippen molar-refractivity contribution >= 4 is 10.0 Å². The van der Waals surface area contributed by atoms with Crippen LogP contribution in [0.5, 0.6) is 0 Å². The maximum absolute atomic E-state index is 11.9. The quantitative estimate of drug-likeness (QED) is 0.583. The minimum atomic E-state index is -3.89. The second-order valence-electron chi connectivity index (χ2n) is 2.51. The maximum Gasteiger partial charge on any atom is 0.252 e. The molecular formula is C6H13F2NO4S. The first-order chi connectivity index (χ1) is 6.44. The van der Waals surface area contributed by atoms with E-state index in [0.29, 0.717) is 4.31 Å². The number of aliphatic hydroxyl groups excluding tert-OH is 2. The Labute approximate surface area is 81.0 Å². The van der Waals surface area contributed by atoms with E-state index in [4.69, 9.17) is 10.2 Å². The van der Waals surface area contributed by atoms with Gasteiger partial charge in [-0.2, -0.15) is 4.31 Å². The van der Waals surface area contributed by atoms with E-state index in [2.05, 4.69) is 0 Å². The predicted octanol–water partition coefficient (Wildman–Crippen LogP) is -1.13. The molecule has 0 atom stereocenters. The largest absolute Gasteiger partial charge is 0.395 e. The minimum Gasteiger partial charge on any atom is -0.395 e. The van der Waals surface area contributed by atoms with Crippen molar-refractivity contribution in [1.29, 1.82) is 0 Å². The van der Waals surface area contributed by atoms with Crippen LogP contribution in [-0.2, 0) is 10.0 Å². The maximum atomic E-state index is 11.9. The van der Waals surface area contributed by atoms with Crippen LogP contribution in [-0.4, -0.2) is 61.4 Å². The lowest BCUT2D eigenvalue weighted by Gasteiger charge is -2.19. The molecule has 86 valence electrons. The molecule has 0 bridgehead atoms. The molecule has 14 heavy (non-hydrogen) atoms. The van der Waals surface area contributed by atoms with Gasteiger partial charge in [0.05, 0.1) is 25.5 Å². The van der Waals surface area contributed by atoms with E-state index in [1.165, 1.54) is 0 Å². The van der Waals surface area contributed by atoms with Crippen molar-refractivity contribution < 1.29 is 27.4 Å². The van der Waals surface area contributed by atoms with Crippen molar-refractivity contribution in [3.63, 3.8) is 0 Å². The SMILES string of the molecule is O=S(=O)(CCO)N(CCO)CC(F)F. The molecule has 0 saturated carbocycles. The Bertz CT molecular complexity index is 244. The van der Waals surface area contributed by atoms with Gasteiger partial charge in [0.25, 0.3) is 6.43 Å². The van der Waals surface area contributed by atoms with Crippen LogP contribution in [0.1, 0.15) is 0 Å². The van der Waals surface area contributed by atoms with E-state index in [-0.39, 0.29) is 6.54 Å². The van der Waals surface area contributed by atoms with Gasteiger partial charge in [0, 0.05) is 6.54 Å². The topological polar surface area (TPSA) is 77.8 Å². The third-order valence-electron chi connectivity index (χ3n) is 1.43. The molecule has 8 heteroatoms. The van der Waals surface area contributed by atoms with Crippen molar-refractivity contribution in [1.82, 2.24) is 4.31 Å². The molecule has 0 spiro atoms. The molecular weight excluding hydrogens is 220 g/mol. The number of hydrogen-bond donors (Lipinski definition) is 2. The van der Waals surface area contributed by atoms with Crippen molar-refractivity contribution in [2.24, 2.45) is 0 Å². The second-order valence-corrected chi connectivity index (χ2v) is 4.60. The number of alkyl halides is 2. The number of aliphatic hydroxyl groups is 2. The Hall–Kier alpha value is -0.310. The summed E-state index contributed by atoms with van der Waals surface area (Å²) in [4.78, 5) is 0. The zero-order chi connectivity index (χ0) is 11.2. The molecule has 0 radical (unpaired) electrons. The Kier molecular flexibility index (Phi) is 6.09. The Morgan fingerprint density at radius 1 is 1.21 bits per heavy atom. The van der Waals surface area contributed by atoms with E-state index >= 15 is 0 Å². The Morgan fingerprint density at radius 3 is 2.14 bits per heavy atom. The van der Waals surface area contributed by atoms with Gasteiger partial charge < -0.3 is 10.2 Å². The van der Waals surface area contributed by atoms with Gasteiger partial charge in [-0.05, 0) is 0 Å². The van der Waals surface area contributed by atoms with Crippen molar-refractivity contribution in [3.05, 3.63) is 0 Å². The van der Waals surface area contributed by atoms with Gasteiger partial charge in [-0.3, -0.25) is 0 Å². The average molecular weight is 233 g/mol. The second kappa shape index (κ2) is 6.23. The summed E-state index contributed by atoms with van der Waals surface area (Å²) in [7, 11) is -3.89. The minimum absolute atomic E-state index is 0.382. The Morgan fingerprint density at radius 2 is 1.79 bits per heavy atom. The molecule has 0 aromatic heterocycles. The first-order valence-corrected chi connectivity index (χ1v) is 5.52. The highest BCUT2D eigenvalue weighted by Gasteiger charge is 2.23. The van der Waals surface area contributed by atoms with Gasteiger partial charge in [-0.1, -0.05) is 0 Å². The fourth-order valence-corrected chi connectivity index (χ4v) is 2.04. The van der Waals surface area contributed by atoms with Crippen LogP contribution in [0.25, 0.3) is 0 Å². The third kappa shape index (κ3) is 4.80. The summed E-state index contributed by atoms with van der Waals surface area (Å²) < 4.78 is 46.7. The molecule has 0 aliphatic rings. The first-order valence-electron chi connectivity index (χ1n) is 3.91. The Balaban J connectivity index is 4.46. The zero-order valence-electron chi connectivity index (χ0n) is 7.44. The number of hydrogen-bond acceptors (Lipinski definition) is 4.